The van der Waals surface area contributed by atoms with Crippen molar-refractivity contribution in [1.82, 2.24) is 10.2 Å². The Labute approximate surface area is 149 Å². The van der Waals surface area contributed by atoms with Gasteiger partial charge < -0.3 is 20.7 Å². The molecular weight excluding hydrogens is 316 g/mol. The van der Waals surface area contributed by atoms with Gasteiger partial charge in [0.1, 0.15) is 0 Å². The van der Waals surface area contributed by atoms with Gasteiger partial charge in [-0.15, -0.1) is 0 Å². The second-order valence-electron chi connectivity index (χ2n) is 6.73. The summed E-state index contributed by atoms with van der Waals surface area (Å²) in [7, 11) is 0. The van der Waals surface area contributed by atoms with Crippen molar-refractivity contribution in [2.75, 3.05) is 26.2 Å². The number of nitrogens with two attached hydrogens (primary N) is 1. The van der Waals surface area contributed by atoms with Crippen LogP contribution >= 0.6 is 0 Å². The normalized spacial score (nSPS) is 20.4. The predicted octanol–water partition coefficient (Wildman–Crippen LogP) is 1.43. The van der Waals surface area contributed by atoms with Crippen LogP contribution < -0.4 is 11.1 Å². The van der Waals surface area contributed by atoms with Gasteiger partial charge in [-0.2, -0.15) is 0 Å². The van der Waals surface area contributed by atoms with Gasteiger partial charge >= 0.3 is 0 Å². The average molecular weight is 344 g/mol. The van der Waals surface area contributed by atoms with E-state index in [0.717, 1.165) is 45.4 Å². The quantitative estimate of drug-likeness (QED) is 0.465. The lowest BCUT2D eigenvalue weighted by Crippen LogP contribution is -2.37. The minimum Gasteiger partial charge on any atom is -0.376 e. The second-order valence-corrected chi connectivity index (χ2v) is 6.73. The minimum absolute atomic E-state index is 0.212. The van der Waals surface area contributed by atoms with Crippen LogP contribution in [0.25, 0.3) is 0 Å². The number of fused-ring (bicyclic) bond motifs is 1. The molecule has 0 bridgehead atoms. The average Bonchev–Trinajstić information content (AvgIpc) is 3.16. The van der Waals surface area contributed by atoms with Crippen LogP contribution in [0.4, 0.5) is 0 Å². The maximum absolute atomic E-state index is 12.4. The highest BCUT2D eigenvalue weighted by atomic mass is 16.5. The Bertz CT molecular complexity index is 611. The first kappa shape index (κ1) is 17.7. The molecule has 0 saturated carbocycles. The lowest BCUT2D eigenvalue weighted by atomic mass is 9.99. The van der Waals surface area contributed by atoms with E-state index in [2.05, 4.69) is 28.5 Å². The number of nitrogens with zero attached hydrogens (tertiary/aromatic N) is 2. The summed E-state index contributed by atoms with van der Waals surface area (Å²) in [6.07, 6.45) is 4.62. The number of ether oxygens (including phenoxy) is 1. The monoisotopic (exact) mass is 344 g/mol. The molecule has 2 heterocycles. The Morgan fingerprint density at radius 1 is 1.36 bits per heavy atom. The first-order valence-corrected chi connectivity index (χ1v) is 9.22. The number of carbonyl (C=O) groups is 1. The van der Waals surface area contributed by atoms with Gasteiger partial charge in [0.15, 0.2) is 5.96 Å². The molecule has 1 aromatic carbocycles. The van der Waals surface area contributed by atoms with E-state index in [1.54, 1.807) is 0 Å². The molecule has 3 rings (SSSR count). The van der Waals surface area contributed by atoms with Crippen LogP contribution in [0.1, 0.15) is 36.8 Å². The van der Waals surface area contributed by atoms with Crippen molar-refractivity contribution in [3.8, 4) is 0 Å². The van der Waals surface area contributed by atoms with Gasteiger partial charge in [-0.3, -0.25) is 9.79 Å². The minimum atomic E-state index is 0.212. The van der Waals surface area contributed by atoms with E-state index >= 15 is 0 Å². The van der Waals surface area contributed by atoms with Gasteiger partial charge in [0.2, 0.25) is 5.91 Å². The van der Waals surface area contributed by atoms with Crippen molar-refractivity contribution in [2.24, 2.45) is 10.7 Å². The largest absolute Gasteiger partial charge is 0.376 e. The van der Waals surface area contributed by atoms with Crippen LogP contribution in [0, 0.1) is 0 Å². The Kier molecular flexibility index (Phi) is 6.28. The van der Waals surface area contributed by atoms with E-state index in [4.69, 9.17) is 10.5 Å². The van der Waals surface area contributed by atoms with Crippen LogP contribution in [0.15, 0.2) is 29.3 Å². The highest BCUT2D eigenvalue weighted by Gasteiger charge is 2.19. The molecule has 0 radical (unpaired) electrons. The first-order valence-electron chi connectivity index (χ1n) is 9.22. The van der Waals surface area contributed by atoms with Crippen LogP contribution in [0.5, 0.6) is 0 Å². The summed E-state index contributed by atoms with van der Waals surface area (Å²) in [5, 5.41) is 3.08. The van der Waals surface area contributed by atoms with Crippen molar-refractivity contribution < 1.29 is 9.53 Å². The van der Waals surface area contributed by atoms with Crippen molar-refractivity contribution >= 4 is 11.9 Å². The molecule has 1 unspecified atom stereocenters. The molecule has 1 amide bonds. The first-order chi connectivity index (χ1) is 12.2. The fourth-order valence-electron chi connectivity index (χ4n) is 3.37. The highest BCUT2D eigenvalue weighted by molar-refractivity contribution is 5.78. The summed E-state index contributed by atoms with van der Waals surface area (Å²) in [5.74, 6) is 0.654. The Hall–Kier alpha value is -2.08. The van der Waals surface area contributed by atoms with E-state index < -0.39 is 0 Å². The smallest absolute Gasteiger partial charge is 0.222 e. The Balaban J connectivity index is 1.33. The van der Waals surface area contributed by atoms with Gasteiger partial charge in [-0.25, -0.2) is 0 Å². The number of amides is 1. The van der Waals surface area contributed by atoms with Crippen LogP contribution in [-0.2, 0) is 22.5 Å². The summed E-state index contributed by atoms with van der Waals surface area (Å²) in [5.41, 5.74) is 8.49. The second kappa shape index (κ2) is 8.85. The molecule has 6 nitrogen and oxygen atoms in total. The third-order valence-corrected chi connectivity index (χ3v) is 4.85. The number of hydrogen-bond acceptors (Lipinski definition) is 3. The zero-order valence-electron chi connectivity index (χ0n) is 14.7. The summed E-state index contributed by atoms with van der Waals surface area (Å²) in [6.45, 7) is 3.65. The molecule has 3 N–H and O–H groups in total. The van der Waals surface area contributed by atoms with E-state index in [0.29, 0.717) is 25.5 Å². The van der Waals surface area contributed by atoms with Crippen LogP contribution in [-0.4, -0.2) is 49.1 Å². The topological polar surface area (TPSA) is 80.0 Å². The molecule has 1 fully saturated rings. The van der Waals surface area contributed by atoms with Crippen molar-refractivity contribution in [3.05, 3.63) is 35.4 Å². The zero-order valence-corrected chi connectivity index (χ0v) is 14.7. The summed E-state index contributed by atoms with van der Waals surface area (Å²) >= 11 is 0. The lowest BCUT2D eigenvalue weighted by molar-refractivity contribution is -0.132. The number of aliphatic imine (C=N–C) groups is 1. The zero-order chi connectivity index (χ0) is 17.5. The summed E-state index contributed by atoms with van der Waals surface area (Å²) in [4.78, 5) is 18.6. The molecule has 0 spiro atoms. The number of guanidine groups is 1. The maximum Gasteiger partial charge on any atom is 0.222 e. The molecule has 1 atom stereocenters. The van der Waals surface area contributed by atoms with Gasteiger partial charge in [-0.1, -0.05) is 24.3 Å². The molecule has 6 heteroatoms. The summed E-state index contributed by atoms with van der Waals surface area (Å²) in [6, 6.07) is 8.36. The highest BCUT2D eigenvalue weighted by Crippen LogP contribution is 2.19. The third kappa shape index (κ3) is 5.19. The fourth-order valence-corrected chi connectivity index (χ4v) is 3.37. The molecule has 1 aromatic rings. The molecule has 1 saturated heterocycles. The molecular formula is C19H28N4O2. The lowest BCUT2D eigenvalue weighted by Gasteiger charge is -2.29. The molecule has 136 valence electrons. The SMILES string of the molecule is NC(=NCC1CCCO1)NCCCC(=O)N1CCc2ccccc2C1. The van der Waals surface area contributed by atoms with E-state index in [1.165, 1.54) is 11.1 Å². The van der Waals surface area contributed by atoms with Gasteiger partial charge in [0, 0.05) is 32.7 Å². The Morgan fingerprint density at radius 2 is 2.20 bits per heavy atom. The van der Waals surface area contributed by atoms with Gasteiger partial charge in [0.25, 0.3) is 0 Å². The van der Waals surface area contributed by atoms with Crippen molar-refractivity contribution in [1.29, 1.82) is 0 Å². The molecule has 0 aliphatic carbocycles. The molecule has 2 aliphatic heterocycles. The van der Waals surface area contributed by atoms with Gasteiger partial charge in [0.05, 0.1) is 12.6 Å². The van der Waals surface area contributed by atoms with E-state index in [1.807, 2.05) is 11.0 Å². The standard InChI is InChI=1S/C19H28N4O2/c20-19(22-13-17-7-4-12-25-17)21-10-3-8-18(24)23-11-9-15-5-1-2-6-16(15)14-23/h1-2,5-6,17H,3-4,7-14H2,(H3,20,21,22). The number of rotatable bonds is 6. The van der Waals surface area contributed by atoms with Gasteiger partial charge in [-0.05, 0) is 36.8 Å². The van der Waals surface area contributed by atoms with Crippen molar-refractivity contribution in [3.63, 3.8) is 0 Å². The predicted molar refractivity (Wildman–Crippen MR) is 98.3 cm³/mol. The molecule has 0 aromatic heterocycles. The number of benzene rings is 1. The third-order valence-electron chi connectivity index (χ3n) is 4.85. The van der Waals surface area contributed by atoms with Crippen molar-refractivity contribution in [2.45, 2.75) is 44.8 Å². The maximum atomic E-state index is 12.4. The van der Waals surface area contributed by atoms with Crippen LogP contribution in [0.3, 0.4) is 0 Å². The number of carbonyl (C=O) groups excluding carboxylic acids is 1. The van der Waals surface area contributed by atoms with Crippen LogP contribution in [0.2, 0.25) is 0 Å². The molecule has 25 heavy (non-hydrogen) atoms. The summed E-state index contributed by atoms with van der Waals surface area (Å²) < 4.78 is 5.51. The Morgan fingerprint density at radius 3 is 3.00 bits per heavy atom. The number of hydrogen-bond donors (Lipinski definition) is 2. The number of nitrogens with one attached hydrogen (secondary N) is 1. The fraction of sp³-hybridized carbons (Fsp3) is 0.579. The van der Waals surface area contributed by atoms with E-state index in [9.17, 15) is 4.79 Å². The molecule has 2 aliphatic rings. The van der Waals surface area contributed by atoms with E-state index in [-0.39, 0.29) is 12.0 Å².